The molecule has 0 aromatic carbocycles. The van der Waals surface area contributed by atoms with Crippen LogP contribution in [0.4, 0.5) is 0 Å². The molecule has 2 aliphatic rings. The fraction of sp³-hybridized carbons (Fsp3) is 1.00. The first-order chi connectivity index (χ1) is 9.11. The smallest absolute Gasteiger partial charge is 0.0359 e. The fourth-order valence-corrected chi connectivity index (χ4v) is 3.97. The number of nitrogens with two attached hydrogens (primary N) is 1. The lowest BCUT2D eigenvalue weighted by Gasteiger charge is -2.50. The van der Waals surface area contributed by atoms with E-state index in [0.29, 0.717) is 6.04 Å². The van der Waals surface area contributed by atoms with Crippen LogP contribution in [0.2, 0.25) is 0 Å². The van der Waals surface area contributed by atoms with Gasteiger partial charge in [0, 0.05) is 31.2 Å². The zero-order valence-electron chi connectivity index (χ0n) is 13.1. The molecular weight excluding hydrogens is 236 g/mol. The molecule has 0 amide bonds. The largest absolute Gasteiger partial charge is 0.329 e. The molecule has 19 heavy (non-hydrogen) atoms. The predicted molar refractivity (Wildman–Crippen MR) is 81.4 cm³/mol. The number of likely N-dealkylation sites (tertiary alicyclic amines) is 1. The third kappa shape index (κ3) is 3.30. The van der Waals surface area contributed by atoms with Gasteiger partial charge < -0.3 is 15.5 Å². The topological polar surface area (TPSA) is 35.7 Å². The van der Waals surface area contributed by atoms with E-state index in [1.165, 1.54) is 58.5 Å². The summed E-state index contributed by atoms with van der Waals surface area (Å²) in [5.74, 6) is 0. The number of rotatable bonds is 3. The number of likely N-dealkylation sites (N-methyl/N-ethyl adjacent to an activating group) is 1. The number of nitrogens with zero attached hydrogens (tertiary/aromatic N) is 3. The maximum absolute atomic E-state index is 6.23. The van der Waals surface area contributed by atoms with Gasteiger partial charge in [0.15, 0.2) is 0 Å². The van der Waals surface area contributed by atoms with E-state index in [-0.39, 0.29) is 5.54 Å². The van der Waals surface area contributed by atoms with Gasteiger partial charge in [0.25, 0.3) is 0 Å². The van der Waals surface area contributed by atoms with Crippen LogP contribution in [0.5, 0.6) is 0 Å². The number of hydrogen-bond donors (Lipinski definition) is 1. The van der Waals surface area contributed by atoms with Crippen LogP contribution in [0.15, 0.2) is 0 Å². The Bertz CT molecular complexity index is 273. The molecule has 0 bridgehead atoms. The summed E-state index contributed by atoms with van der Waals surface area (Å²) in [6, 6.07) is 0.629. The van der Waals surface area contributed by atoms with E-state index in [9.17, 15) is 0 Å². The van der Waals surface area contributed by atoms with Gasteiger partial charge in [-0.1, -0.05) is 6.92 Å². The Kier molecular flexibility index (Phi) is 5.23. The predicted octanol–water partition coefficient (Wildman–Crippen LogP) is 0.826. The molecular formula is C15H32N4. The summed E-state index contributed by atoms with van der Waals surface area (Å²) >= 11 is 0. The maximum Gasteiger partial charge on any atom is 0.0359 e. The van der Waals surface area contributed by atoms with Crippen LogP contribution in [0.3, 0.4) is 0 Å². The van der Waals surface area contributed by atoms with Crippen LogP contribution in [-0.2, 0) is 0 Å². The summed E-state index contributed by atoms with van der Waals surface area (Å²) in [7, 11) is 2.24. The normalized spacial score (nSPS) is 31.3. The molecule has 1 unspecified atom stereocenters. The summed E-state index contributed by atoms with van der Waals surface area (Å²) in [5, 5.41) is 0. The van der Waals surface area contributed by atoms with Crippen LogP contribution in [0.1, 0.15) is 33.1 Å². The highest BCUT2D eigenvalue weighted by Crippen LogP contribution is 2.31. The summed E-state index contributed by atoms with van der Waals surface area (Å²) < 4.78 is 0. The Morgan fingerprint density at radius 2 is 1.84 bits per heavy atom. The van der Waals surface area contributed by atoms with Crippen molar-refractivity contribution < 1.29 is 0 Å². The third-order valence-corrected chi connectivity index (χ3v) is 5.27. The molecule has 2 rings (SSSR count). The standard InChI is InChI=1S/C15H32N4/c1-4-18-10-6-15(13-16,7-11-18)19-9-5-8-17(3)12-14(19)2/h14H,4-13,16H2,1-3H3. The first-order valence-corrected chi connectivity index (χ1v) is 7.99. The van der Waals surface area contributed by atoms with E-state index in [1.54, 1.807) is 0 Å². The van der Waals surface area contributed by atoms with Gasteiger partial charge in [-0.15, -0.1) is 0 Å². The maximum atomic E-state index is 6.23. The molecule has 0 radical (unpaired) electrons. The van der Waals surface area contributed by atoms with Crippen LogP contribution < -0.4 is 5.73 Å². The average Bonchev–Trinajstić information content (AvgIpc) is 2.60. The minimum absolute atomic E-state index is 0.260. The monoisotopic (exact) mass is 268 g/mol. The highest BCUT2D eigenvalue weighted by molar-refractivity contribution is 4.99. The van der Waals surface area contributed by atoms with Crippen molar-refractivity contribution in [1.29, 1.82) is 0 Å². The molecule has 1 atom stereocenters. The van der Waals surface area contributed by atoms with E-state index < -0.39 is 0 Å². The first-order valence-electron chi connectivity index (χ1n) is 7.99. The Morgan fingerprint density at radius 3 is 2.42 bits per heavy atom. The van der Waals surface area contributed by atoms with Crippen molar-refractivity contribution in [2.45, 2.75) is 44.7 Å². The van der Waals surface area contributed by atoms with Crippen LogP contribution >= 0.6 is 0 Å². The van der Waals surface area contributed by atoms with Crippen molar-refractivity contribution in [3.8, 4) is 0 Å². The molecule has 2 aliphatic heterocycles. The van der Waals surface area contributed by atoms with E-state index in [4.69, 9.17) is 5.73 Å². The van der Waals surface area contributed by atoms with Crippen molar-refractivity contribution in [2.75, 3.05) is 52.9 Å². The van der Waals surface area contributed by atoms with Crippen molar-refractivity contribution >= 4 is 0 Å². The van der Waals surface area contributed by atoms with E-state index >= 15 is 0 Å². The second-order valence-electron chi connectivity index (χ2n) is 6.52. The quantitative estimate of drug-likeness (QED) is 0.822. The van der Waals surface area contributed by atoms with Crippen molar-refractivity contribution in [2.24, 2.45) is 5.73 Å². The number of piperidine rings is 1. The van der Waals surface area contributed by atoms with Crippen molar-refractivity contribution in [1.82, 2.24) is 14.7 Å². The highest BCUT2D eigenvalue weighted by Gasteiger charge is 2.41. The Morgan fingerprint density at radius 1 is 1.16 bits per heavy atom. The summed E-state index contributed by atoms with van der Waals surface area (Å²) in [4.78, 5) is 7.77. The van der Waals surface area contributed by atoms with Gasteiger partial charge in [0.1, 0.15) is 0 Å². The van der Waals surface area contributed by atoms with Gasteiger partial charge in [0.2, 0.25) is 0 Å². The average molecular weight is 268 g/mol. The van der Waals surface area contributed by atoms with E-state index in [2.05, 4.69) is 35.6 Å². The molecule has 0 aromatic heterocycles. The van der Waals surface area contributed by atoms with Gasteiger partial charge in [-0.3, -0.25) is 4.90 Å². The lowest BCUT2D eigenvalue weighted by Crippen LogP contribution is -2.62. The Labute approximate surface area is 118 Å². The molecule has 2 saturated heterocycles. The second kappa shape index (κ2) is 6.53. The molecule has 2 heterocycles. The van der Waals surface area contributed by atoms with Crippen LogP contribution in [0.25, 0.3) is 0 Å². The zero-order valence-corrected chi connectivity index (χ0v) is 13.1. The lowest BCUT2D eigenvalue weighted by molar-refractivity contribution is 0.00441. The highest BCUT2D eigenvalue weighted by atomic mass is 15.3. The molecule has 2 fully saturated rings. The van der Waals surface area contributed by atoms with Crippen LogP contribution in [-0.4, -0.2) is 79.1 Å². The summed E-state index contributed by atoms with van der Waals surface area (Å²) in [5.41, 5.74) is 6.49. The molecule has 0 spiro atoms. The minimum Gasteiger partial charge on any atom is -0.329 e. The molecule has 0 saturated carbocycles. The number of hydrogen-bond acceptors (Lipinski definition) is 4. The molecule has 4 heteroatoms. The molecule has 112 valence electrons. The molecule has 2 N–H and O–H groups in total. The van der Waals surface area contributed by atoms with Gasteiger partial charge in [0.05, 0.1) is 0 Å². The SMILES string of the molecule is CCN1CCC(CN)(N2CCCN(C)CC2C)CC1. The van der Waals surface area contributed by atoms with Gasteiger partial charge in [-0.2, -0.15) is 0 Å². The Balaban J connectivity index is 2.07. The van der Waals surface area contributed by atoms with Crippen LogP contribution in [0, 0.1) is 0 Å². The minimum atomic E-state index is 0.260. The van der Waals surface area contributed by atoms with Gasteiger partial charge in [-0.05, 0) is 59.4 Å². The van der Waals surface area contributed by atoms with E-state index in [0.717, 1.165) is 6.54 Å². The van der Waals surface area contributed by atoms with Gasteiger partial charge >= 0.3 is 0 Å². The van der Waals surface area contributed by atoms with Gasteiger partial charge in [-0.25, -0.2) is 0 Å². The lowest BCUT2D eigenvalue weighted by atomic mass is 9.84. The van der Waals surface area contributed by atoms with Crippen molar-refractivity contribution in [3.63, 3.8) is 0 Å². The summed E-state index contributed by atoms with van der Waals surface area (Å²) in [6.45, 7) is 12.7. The fourth-order valence-electron chi connectivity index (χ4n) is 3.97. The third-order valence-electron chi connectivity index (χ3n) is 5.27. The summed E-state index contributed by atoms with van der Waals surface area (Å²) in [6.07, 6.45) is 3.76. The zero-order chi connectivity index (χ0) is 13.9. The van der Waals surface area contributed by atoms with E-state index in [1.807, 2.05) is 0 Å². The molecule has 0 aromatic rings. The Hall–Kier alpha value is -0.160. The molecule has 4 nitrogen and oxygen atoms in total. The van der Waals surface area contributed by atoms with Crippen molar-refractivity contribution in [3.05, 3.63) is 0 Å². The second-order valence-corrected chi connectivity index (χ2v) is 6.52. The first kappa shape index (κ1) is 15.2. The molecule has 0 aliphatic carbocycles.